The molecule has 1 atom stereocenters. The molecule has 1 unspecified atom stereocenters. The third-order valence-corrected chi connectivity index (χ3v) is 1.59. The first-order valence-electron chi connectivity index (χ1n) is 3.43. The van der Waals surface area contributed by atoms with Crippen LogP contribution in [0.2, 0.25) is 0 Å². The zero-order chi connectivity index (χ0) is 6.81. The van der Waals surface area contributed by atoms with Crippen LogP contribution >= 0.6 is 0 Å². The van der Waals surface area contributed by atoms with Crippen LogP contribution in [0.25, 0.3) is 0 Å². The highest BCUT2D eigenvalue weighted by Gasteiger charge is 2.24. The highest BCUT2D eigenvalue weighted by molar-refractivity contribution is 5.25. The Balaban J connectivity index is 2.09. The lowest BCUT2D eigenvalue weighted by atomic mass is 10.1. The Bertz CT molecular complexity index is 152. The third kappa shape index (κ3) is 1.00. The maximum Gasteiger partial charge on any atom is 0.152 e. The predicted molar refractivity (Wildman–Crippen MR) is 37.2 cm³/mol. The minimum absolute atomic E-state index is 0.0822. The zero-order valence-corrected chi connectivity index (χ0v) is 5.62. The van der Waals surface area contributed by atoms with Gasteiger partial charge in [0.05, 0.1) is 13.2 Å². The van der Waals surface area contributed by atoms with Gasteiger partial charge in [0.1, 0.15) is 6.10 Å². The fourth-order valence-electron chi connectivity index (χ4n) is 1.11. The minimum Gasteiger partial charge on any atom is -0.368 e. The van der Waals surface area contributed by atoms with Crippen molar-refractivity contribution in [3.63, 3.8) is 0 Å². The van der Waals surface area contributed by atoms with Crippen LogP contribution in [0, 0.1) is 6.10 Å². The molecule has 1 heterocycles. The summed E-state index contributed by atoms with van der Waals surface area (Å²) in [6, 6.07) is 0. The van der Waals surface area contributed by atoms with E-state index in [1.165, 1.54) is 0 Å². The van der Waals surface area contributed by atoms with Gasteiger partial charge in [-0.2, -0.15) is 0 Å². The van der Waals surface area contributed by atoms with Gasteiger partial charge in [0.2, 0.25) is 0 Å². The molecule has 0 aromatic heterocycles. The monoisotopic (exact) mass is 137 g/mol. The van der Waals surface area contributed by atoms with Gasteiger partial charge in [-0.25, -0.2) is 0 Å². The van der Waals surface area contributed by atoms with Crippen LogP contribution < -0.4 is 0 Å². The molecule has 1 radical (unpaired) electrons. The topological polar surface area (TPSA) is 18.5 Å². The number of hydrogen-bond donors (Lipinski definition) is 0. The van der Waals surface area contributed by atoms with Crippen LogP contribution in [-0.2, 0) is 9.47 Å². The lowest BCUT2D eigenvalue weighted by molar-refractivity contribution is -0.0508. The molecule has 0 spiro atoms. The van der Waals surface area contributed by atoms with Crippen molar-refractivity contribution >= 4 is 0 Å². The van der Waals surface area contributed by atoms with E-state index in [4.69, 9.17) is 9.47 Å². The van der Waals surface area contributed by atoms with Crippen molar-refractivity contribution in [3.05, 3.63) is 30.4 Å². The molecule has 2 nitrogen and oxygen atoms in total. The molecular formula is C8H9O2. The molecule has 10 heavy (non-hydrogen) atoms. The number of ether oxygens (including phenoxy) is 2. The summed E-state index contributed by atoms with van der Waals surface area (Å²) in [6.45, 7) is 1.39. The quantitative estimate of drug-likeness (QED) is 0.497. The Morgan fingerprint density at radius 1 is 1.30 bits per heavy atom. The van der Waals surface area contributed by atoms with Crippen LogP contribution in [-0.4, -0.2) is 19.3 Å². The van der Waals surface area contributed by atoms with Crippen molar-refractivity contribution in [3.8, 4) is 0 Å². The summed E-state index contributed by atoms with van der Waals surface area (Å²) in [5, 5.41) is 0. The molecule has 2 heteroatoms. The molecule has 1 aliphatic carbocycles. The first-order valence-corrected chi connectivity index (χ1v) is 3.43. The van der Waals surface area contributed by atoms with Gasteiger partial charge in [0.15, 0.2) is 6.10 Å². The Morgan fingerprint density at radius 3 is 3.20 bits per heavy atom. The van der Waals surface area contributed by atoms with E-state index in [1.54, 1.807) is 0 Å². The van der Waals surface area contributed by atoms with Gasteiger partial charge < -0.3 is 9.47 Å². The first-order chi connectivity index (χ1) is 4.97. The Hall–Kier alpha value is -0.600. The smallest absolute Gasteiger partial charge is 0.152 e. The van der Waals surface area contributed by atoms with Crippen LogP contribution in [0.4, 0.5) is 0 Å². The van der Waals surface area contributed by atoms with Gasteiger partial charge in [-0.3, -0.25) is 0 Å². The highest BCUT2D eigenvalue weighted by atomic mass is 16.6. The normalized spacial score (nSPS) is 32.2. The molecule has 1 fully saturated rings. The lowest BCUT2D eigenvalue weighted by Crippen LogP contribution is -2.30. The van der Waals surface area contributed by atoms with Gasteiger partial charge in [-0.15, -0.1) is 0 Å². The third-order valence-electron chi connectivity index (χ3n) is 1.59. The van der Waals surface area contributed by atoms with Crippen molar-refractivity contribution in [2.24, 2.45) is 0 Å². The summed E-state index contributed by atoms with van der Waals surface area (Å²) in [7, 11) is 0. The molecule has 0 N–H and O–H groups in total. The molecule has 1 aliphatic heterocycles. The van der Waals surface area contributed by atoms with E-state index in [-0.39, 0.29) is 6.10 Å². The van der Waals surface area contributed by atoms with Crippen molar-refractivity contribution in [2.45, 2.75) is 6.10 Å². The maximum absolute atomic E-state index is 5.38. The second kappa shape index (κ2) is 2.56. The van der Waals surface area contributed by atoms with E-state index in [9.17, 15) is 0 Å². The van der Waals surface area contributed by atoms with Gasteiger partial charge in [-0.1, -0.05) is 18.2 Å². The summed E-state index contributed by atoms with van der Waals surface area (Å²) < 4.78 is 10.7. The van der Waals surface area contributed by atoms with Crippen LogP contribution in [0.15, 0.2) is 24.3 Å². The van der Waals surface area contributed by atoms with E-state index in [1.807, 2.05) is 24.3 Å². The summed E-state index contributed by atoms with van der Waals surface area (Å²) in [5.41, 5.74) is 0. The van der Waals surface area contributed by atoms with Gasteiger partial charge in [0, 0.05) is 0 Å². The molecule has 0 amide bonds. The van der Waals surface area contributed by atoms with Crippen LogP contribution in [0.1, 0.15) is 0 Å². The number of rotatable bonds is 0. The minimum atomic E-state index is 0.0822. The summed E-state index contributed by atoms with van der Waals surface area (Å²) in [4.78, 5) is 0. The van der Waals surface area contributed by atoms with E-state index < -0.39 is 0 Å². The van der Waals surface area contributed by atoms with Crippen molar-refractivity contribution in [1.29, 1.82) is 0 Å². The van der Waals surface area contributed by atoms with E-state index >= 15 is 0 Å². The Kier molecular flexibility index (Phi) is 1.57. The average Bonchev–Trinajstić information content (AvgIpc) is 2.05. The molecule has 0 saturated carbocycles. The average molecular weight is 137 g/mol. The molecule has 0 bridgehead atoms. The molecule has 0 aromatic carbocycles. The highest BCUT2D eigenvalue weighted by Crippen LogP contribution is 2.22. The van der Waals surface area contributed by atoms with Crippen molar-refractivity contribution < 1.29 is 9.47 Å². The van der Waals surface area contributed by atoms with Gasteiger partial charge in [0.25, 0.3) is 0 Å². The summed E-state index contributed by atoms with van der Waals surface area (Å²) >= 11 is 0. The molecule has 2 rings (SSSR count). The van der Waals surface area contributed by atoms with Gasteiger partial charge >= 0.3 is 0 Å². The second-order valence-corrected chi connectivity index (χ2v) is 2.29. The van der Waals surface area contributed by atoms with Gasteiger partial charge in [-0.05, 0) is 6.08 Å². The SMILES string of the molecule is C1=C[C]2OCCOC2C=C1. The molecule has 0 aromatic rings. The Labute approximate surface area is 60.1 Å². The van der Waals surface area contributed by atoms with Crippen molar-refractivity contribution in [1.82, 2.24) is 0 Å². The van der Waals surface area contributed by atoms with E-state index in [0.717, 1.165) is 6.10 Å². The molecule has 1 saturated heterocycles. The first kappa shape index (κ1) is 6.13. The lowest BCUT2D eigenvalue weighted by Gasteiger charge is -2.27. The fourth-order valence-corrected chi connectivity index (χ4v) is 1.11. The van der Waals surface area contributed by atoms with E-state index in [0.29, 0.717) is 13.2 Å². The van der Waals surface area contributed by atoms with Crippen LogP contribution in [0.5, 0.6) is 0 Å². The van der Waals surface area contributed by atoms with Crippen molar-refractivity contribution in [2.75, 3.05) is 13.2 Å². The second-order valence-electron chi connectivity index (χ2n) is 2.29. The Morgan fingerprint density at radius 2 is 2.30 bits per heavy atom. The molecular weight excluding hydrogens is 128 g/mol. The fraction of sp³-hybridized carbons (Fsp3) is 0.375. The summed E-state index contributed by atoms with van der Waals surface area (Å²) in [5.74, 6) is 0. The predicted octanol–water partition coefficient (Wildman–Crippen LogP) is 1.06. The zero-order valence-electron chi connectivity index (χ0n) is 5.62. The maximum atomic E-state index is 5.38. The molecule has 2 aliphatic rings. The summed E-state index contributed by atoms with van der Waals surface area (Å²) in [6.07, 6.45) is 8.90. The number of fused-ring (bicyclic) bond motifs is 1. The van der Waals surface area contributed by atoms with Crippen LogP contribution in [0.3, 0.4) is 0 Å². The van der Waals surface area contributed by atoms with E-state index in [2.05, 4.69) is 0 Å². The largest absolute Gasteiger partial charge is 0.368 e. The molecule has 53 valence electrons. The standard InChI is InChI=1S/C8H9O2/c1-2-4-8-7(3-1)9-5-6-10-8/h1-4,7H,5-6H2. The number of allylic oxidation sites excluding steroid dienone is 2. The number of hydrogen-bond acceptors (Lipinski definition) is 2.